The molecule has 1 aliphatic carbocycles. The maximum absolute atomic E-state index is 13.0. The van der Waals surface area contributed by atoms with E-state index in [0.29, 0.717) is 11.1 Å². The van der Waals surface area contributed by atoms with Gasteiger partial charge in [-0.2, -0.15) is 5.26 Å². The Labute approximate surface area is 176 Å². The topological polar surface area (TPSA) is 113 Å². The molecule has 0 unspecified atom stereocenters. The highest BCUT2D eigenvalue weighted by Crippen LogP contribution is 2.31. The van der Waals surface area contributed by atoms with E-state index in [-0.39, 0.29) is 39.5 Å². The molecule has 0 radical (unpaired) electrons. The Balaban J connectivity index is 1.51. The number of fused-ring (bicyclic) bond motifs is 2. The van der Waals surface area contributed by atoms with E-state index >= 15 is 0 Å². The lowest BCUT2D eigenvalue weighted by Gasteiger charge is -2.20. The summed E-state index contributed by atoms with van der Waals surface area (Å²) in [6.45, 7) is -0.599. The lowest BCUT2D eigenvalue weighted by molar-refractivity contribution is -0.119. The summed E-state index contributed by atoms with van der Waals surface area (Å²) >= 11 is 0. The molecule has 1 amide bonds. The average Bonchev–Trinajstić information content (AvgIpc) is 2.81. The van der Waals surface area contributed by atoms with Gasteiger partial charge < -0.3 is 10.1 Å². The van der Waals surface area contributed by atoms with Crippen molar-refractivity contribution in [2.75, 3.05) is 11.9 Å². The average molecular weight is 410 g/mol. The van der Waals surface area contributed by atoms with Crippen molar-refractivity contribution >= 4 is 29.1 Å². The van der Waals surface area contributed by atoms with Crippen LogP contribution in [0.1, 0.15) is 47.8 Å². The Morgan fingerprint density at radius 2 is 1.55 bits per heavy atom. The molecule has 0 saturated carbocycles. The van der Waals surface area contributed by atoms with Gasteiger partial charge in [0.05, 0.1) is 28.4 Å². The number of carbonyl (C=O) groups excluding carboxylic acids is 4. The van der Waals surface area contributed by atoms with E-state index < -0.39 is 18.5 Å². The SMILES string of the molecule is N#Cc1cccc(C(=O)OCC(=O)Nc2cccc3c2C(=O)c2ccccc2C3=O)c1. The molecule has 0 fully saturated rings. The summed E-state index contributed by atoms with van der Waals surface area (Å²) in [4.78, 5) is 50.2. The number of benzene rings is 3. The fourth-order valence-corrected chi connectivity index (χ4v) is 3.37. The molecule has 0 aliphatic heterocycles. The molecule has 0 saturated heterocycles. The van der Waals surface area contributed by atoms with Crippen molar-refractivity contribution in [2.45, 2.75) is 0 Å². The van der Waals surface area contributed by atoms with Crippen LogP contribution in [-0.4, -0.2) is 30.0 Å². The predicted molar refractivity (Wildman–Crippen MR) is 110 cm³/mol. The van der Waals surface area contributed by atoms with E-state index in [1.165, 1.54) is 30.3 Å². The standard InChI is InChI=1S/C24H14N2O5/c25-12-14-5-3-6-15(11-14)24(30)31-13-20(27)26-19-10-4-9-18-21(19)23(29)17-8-2-1-7-16(17)22(18)28/h1-11H,13H2,(H,26,27). The maximum Gasteiger partial charge on any atom is 0.338 e. The van der Waals surface area contributed by atoms with Gasteiger partial charge in [-0.1, -0.05) is 42.5 Å². The van der Waals surface area contributed by atoms with Gasteiger partial charge in [0.2, 0.25) is 0 Å². The number of anilines is 1. The first-order valence-electron chi connectivity index (χ1n) is 9.28. The van der Waals surface area contributed by atoms with E-state index in [2.05, 4.69) is 5.32 Å². The van der Waals surface area contributed by atoms with E-state index in [1.807, 2.05) is 6.07 Å². The van der Waals surface area contributed by atoms with Gasteiger partial charge in [0, 0.05) is 16.7 Å². The van der Waals surface area contributed by atoms with Crippen LogP contribution in [0.4, 0.5) is 5.69 Å². The van der Waals surface area contributed by atoms with Crippen LogP contribution in [0, 0.1) is 11.3 Å². The summed E-state index contributed by atoms with van der Waals surface area (Å²) in [7, 11) is 0. The number of ether oxygens (including phenoxy) is 1. The molecule has 0 bridgehead atoms. The maximum atomic E-state index is 13.0. The molecule has 150 valence electrons. The number of nitriles is 1. The Morgan fingerprint density at radius 1 is 0.871 bits per heavy atom. The normalized spacial score (nSPS) is 11.7. The molecule has 31 heavy (non-hydrogen) atoms. The fourth-order valence-electron chi connectivity index (χ4n) is 3.37. The molecule has 0 spiro atoms. The molecule has 1 aliphatic rings. The molecule has 1 N–H and O–H groups in total. The third-order valence-electron chi connectivity index (χ3n) is 4.79. The molecule has 4 rings (SSSR count). The first-order chi connectivity index (χ1) is 15.0. The number of ketones is 2. The van der Waals surface area contributed by atoms with Crippen molar-refractivity contribution < 1.29 is 23.9 Å². The highest BCUT2D eigenvalue weighted by atomic mass is 16.5. The Kier molecular flexibility index (Phi) is 5.12. The van der Waals surface area contributed by atoms with Gasteiger partial charge >= 0.3 is 5.97 Å². The third-order valence-corrected chi connectivity index (χ3v) is 4.79. The highest BCUT2D eigenvalue weighted by Gasteiger charge is 2.31. The van der Waals surface area contributed by atoms with Crippen molar-refractivity contribution in [3.63, 3.8) is 0 Å². The fraction of sp³-hybridized carbons (Fsp3) is 0.0417. The third kappa shape index (κ3) is 3.70. The zero-order valence-corrected chi connectivity index (χ0v) is 16.0. The van der Waals surface area contributed by atoms with Gasteiger partial charge in [0.1, 0.15) is 0 Å². The smallest absolute Gasteiger partial charge is 0.338 e. The first-order valence-corrected chi connectivity index (χ1v) is 9.28. The number of carbonyl (C=O) groups is 4. The quantitative estimate of drug-likeness (QED) is 0.517. The molecule has 3 aromatic rings. The van der Waals surface area contributed by atoms with Gasteiger partial charge in [-0.15, -0.1) is 0 Å². The monoisotopic (exact) mass is 410 g/mol. The lowest BCUT2D eigenvalue weighted by atomic mass is 9.83. The van der Waals surface area contributed by atoms with Crippen molar-refractivity contribution in [2.24, 2.45) is 0 Å². The van der Waals surface area contributed by atoms with Gasteiger partial charge in [-0.3, -0.25) is 14.4 Å². The van der Waals surface area contributed by atoms with Crippen molar-refractivity contribution in [1.82, 2.24) is 0 Å². The predicted octanol–water partition coefficient (Wildman–Crippen LogP) is 3.13. The summed E-state index contributed by atoms with van der Waals surface area (Å²) in [5, 5.41) is 11.4. The van der Waals surface area contributed by atoms with Crippen LogP contribution < -0.4 is 5.32 Å². The lowest BCUT2D eigenvalue weighted by Crippen LogP contribution is -2.26. The number of hydrogen-bond acceptors (Lipinski definition) is 6. The van der Waals surface area contributed by atoms with Crippen LogP contribution in [0.15, 0.2) is 66.7 Å². The summed E-state index contributed by atoms with van der Waals surface area (Å²) < 4.78 is 5.00. The van der Waals surface area contributed by atoms with Gasteiger partial charge in [0.25, 0.3) is 5.91 Å². The van der Waals surface area contributed by atoms with Gasteiger partial charge in [-0.05, 0) is 24.3 Å². The van der Waals surface area contributed by atoms with Crippen LogP contribution in [0.2, 0.25) is 0 Å². The Hall–Kier alpha value is -4.57. The van der Waals surface area contributed by atoms with Crippen molar-refractivity contribution in [1.29, 1.82) is 5.26 Å². The second-order valence-electron chi connectivity index (χ2n) is 6.75. The van der Waals surface area contributed by atoms with Crippen LogP contribution in [-0.2, 0) is 9.53 Å². The van der Waals surface area contributed by atoms with Crippen molar-refractivity contribution in [3.05, 3.63) is 100 Å². The van der Waals surface area contributed by atoms with Crippen LogP contribution in [0.25, 0.3) is 0 Å². The molecule has 3 aromatic carbocycles. The molecular formula is C24H14N2O5. The van der Waals surface area contributed by atoms with E-state index in [9.17, 15) is 19.2 Å². The number of amides is 1. The van der Waals surface area contributed by atoms with E-state index in [4.69, 9.17) is 10.00 Å². The van der Waals surface area contributed by atoms with Crippen LogP contribution in [0.3, 0.4) is 0 Å². The minimum Gasteiger partial charge on any atom is -0.452 e. The van der Waals surface area contributed by atoms with E-state index in [0.717, 1.165) is 0 Å². The number of hydrogen-bond donors (Lipinski definition) is 1. The van der Waals surface area contributed by atoms with Crippen LogP contribution in [0.5, 0.6) is 0 Å². The number of nitrogens with zero attached hydrogens (tertiary/aromatic N) is 1. The van der Waals surface area contributed by atoms with Crippen molar-refractivity contribution in [3.8, 4) is 6.07 Å². The molecular weight excluding hydrogens is 396 g/mol. The van der Waals surface area contributed by atoms with Gasteiger partial charge in [0.15, 0.2) is 18.2 Å². The Bertz CT molecular complexity index is 1300. The molecule has 7 nitrogen and oxygen atoms in total. The molecule has 0 atom stereocenters. The highest BCUT2D eigenvalue weighted by molar-refractivity contribution is 6.30. The summed E-state index contributed by atoms with van der Waals surface area (Å²) in [5.74, 6) is -2.10. The molecule has 0 heterocycles. The summed E-state index contributed by atoms with van der Waals surface area (Å²) in [6.07, 6.45) is 0. The Morgan fingerprint density at radius 3 is 2.29 bits per heavy atom. The number of nitrogens with one attached hydrogen (secondary N) is 1. The minimum atomic E-state index is -0.762. The largest absolute Gasteiger partial charge is 0.452 e. The first kappa shape index (κ1) is 19.7. The molecule has 7 heteroatoms. The zero-order valence-electron chi connectivity index (χ0n) is 16.0. The number of esters is 1. The summed E-state index contributed by atoms with van der Waals surface area (Å²) in [5.41, 5.74) is 1.49. The zero-order chi connectivity index (χ0) is 22.0. The minimum absolute atomic E-state index is 0.104. The summed E-state index contributed by atoms with van der Waals surface area (Å²) in [6, 6.07) is 18.9. The molecule has 0 aromatic heterocycles. The second kappa shape index (κ2) is 8.05. The van der Waals surface area contributed by atoms with E-state index in [1.54, 1.807) is 36.4 Å². The number of rotatable bonds is 4. The van der Waals surface area contributed by atoms with Crippen LogP contribution >= 0.6 is 0 Å². The second-order valence-corrected chi connectivity index (χ2v) is 6.75. The van der Waals surface area contributed by atoms with Gasteiger partial charge in [-0.25, -0.2) is 4.79 Å².